The lowest BCUT2D eigenvalue weighted by molar-refractivity contribution is -0.129. The number of rotatable bonds is 9. The summed E-state index contributed by atoms with van der Waals surface area (Å²) in [5.41, 5.74) is 2.33. The van der Waals surface area contributed by atoms with Crippen molar-refractivity contribution in [1.29, 1.82) is 0 Å². The molecule has 0 fully saturated rings. The van der Waals surface area contributed by atoms with Crippen molar-refractivity contribution in [2.24, 2.45) is 0 Å². The molecule has 2 N–H and O–H groups in total. The Kier molecular flexibility index (Phi) is 6.35. The average Bonchev–Trinajstić information content (AvgIpc) is 3.66. The summed E-state index contributed by atoms with van der Waals surface area (Å²) in [4.78, 5) is 31.5. The summed E-state index contributed by atoms with van der Waals surface area (Å²) in [5, 5.41) is 11.9. The number of amides is 1. The number of aromatic nitrogens is 1. The van der Waals surface area contributed by atoms with Gasteiger partial charge in [-0.2, -0.15) is 0 Å². The number of methoxy groups -OCH3 is 3. The molecule has 1 amide bonds. The van der Waals surface area contributed by atoms with E-state index in [0.29, 0.717) is 23.5 Å². The van der Waals surface area contributed by atoms with Crippen LogP contribution >= 0.6 is 0 Å². The van der Waals surface area contributed by atoms with Crippen molar-refractivity contribution in [3.63, 3.8) is 0 Å². The number of benzene rings is 2. The number of aliphatic hydroxyl groups is 1. The van der Waals surface area contributed by atoms with Crippen molar-refractivity contribution in [3.05, 3.63) is 89.2 Å². The fourth-order valence-corrected chi connectivity index (χ4v) is 4.77. The molecular weight excluding hydrogens is 476 g/mol. The van der Waals surface area contributed by atoms with Gasteiger partial charge >= 0.3 is 0 Å². The summed E-state index contributed by atoms with van der Waals surface area (Å²) in [7, 11) is 4.63. The number of hydrogen-bond acceptors (Lipinski definition) is 7. The quantitative estimate of drug-likeness (QED) is 0.321. The largest absolute Gasteiger partial charge is 0.503 e. The normalized spacial score (nSPS) is 15.5. The number of carbonyl (C=O) groups excluding carboxylic acids is 2. The second-order valence-electron chi connectivity index (χ2n) is 8.55. The van der Waals surface area contributed by atoms with Crippen molar-refractivity contribution in [2.45, 2.75) is 12.5 Å². The van der Waals surface area contributed by atoms with Gasteiger partial charge in [-0.25, -0.2) is 0 Å². The maximum absolute atomic E-state index is 13.4. The second kappa shape index (κ2) is 9.77. The van der Waals surface area contributed by atoms with Gasteiger partial charge in [0, 0.05) is 29.2 Å². The monoisotopic (exact) mass is 502 g/mol. The lowest BCUT2D eigenvalue weighted by Crippen LogP contribution is -2.33. The fraction of sp³-hybridized carbons (Fsp3) is 0.214. The van der Waals surface area contributed by atoms with Crippen molar-refractivity contribution >= 4 is 22.6 Å². The molecule has 2 aromatic carbocycles. The van der Waals surface area contributed by atoms with Gasteiger partial charge in [0.2, 0.25) is 5.78 Å². The number of furan rings is 1. The van der Waals surface area contributed by atoms with Crippen LogP contribution in [-0.2, 0) is 11.2 Å². The number of aromatic amines is 1. The molecule has 3 heterocycles. The molecule has 1 atom stereocenters. The number of H-pyrrole nitrogens is 1. The molecule has 0 bridgehead atoms. The van der Waals surface area contributed by atoms with E-state index in [1.165, 1.54) is 31.4 Å². The van der Waals surface area contributed by atoms with Crippen LogP contribution in [-0.4, -0.2) is 54.6 Å². The number of nitrogens with one attached hydrogen (secondary N) is 1. The molecule has 37 heavy (non-hydrogen) atoms. The van der Waals surface area contributed by atoms with Crippen LogP contribution in [0.4, 0.5) is 0 Å². The first-order valence-electron chi connectivity index (χ1n) is 11.6. The van der Waals surface area contributed by atoms with E-state index in [1.807, 2.05) is 24.4 Å². The molecule has 0 aliphatic carbocycles. The minimum absolute atomic E-state index is 0.0202. The molecule has 9 heteroatoms. The van der Waals surface area contributed by atoms with Crippen molar-refractivity contribution < 1.29 is 33.3 Å². The molecule has 2 aromatic heterocycles. The zero-order chi connectivity index (χ0) is 26.1. The van der Waals surface area contributed by atoms with Gasteiger partial charge in [-0.3, -0.25) is 9.59 Å². The Bertz CT molecular complexity index is 1500. The molecule has 9 nitrogen and oxygen atoms in total. The highest BCUT2D eigenvalue weighted by atomic mass is 16.5. The van der Waals surface area contributed by atoms with E-state index in [0.717, 1.165) is 22.2 Å². The predicted molar refractivity (Wildman–Crippen MR) is 135 cm³/mol. The van der Waals surface area contributed by atoms with Crippen LogP contribution in [0.15, 0.2) is 76.7 Å². The van der Waals surface area contributed by atoms with Crippen LogP contribution in [0.25, 0.3) is 10.9 Å². The molecule has 0 radical (unpaired) electrons. The van der Waals surface area contributed by atoms with Gasteiger partial charge in [-0.15, -0.1) is 0 Å². The molecular formula is C28H26N2O7. The van der Waals surface area contributed by atoms with Gasteiger partial charge < -0.3 is 33.6 Å². The minimum Gasteiger partial charge on any atom is -0.503 e. The Morgan fingerprint density at radius 1 is 1.05 bits per heavy atom. The van der Waals surface area contributed by atoms with Crippen LogP contribution in [0.2, 0.25) is 0 Å². The number of ether oxygens (including phenoxy) is 3. The predicted octanol–water partition coefficient (Wildman–Crippen LogP) is 4.61. The summed E-state index contributed by atoms with van der Waals surface area (Å²) < 4.78 is 21.6. The van der Waals surface area contributed by atoms with Gasteiger partial charge in [-0.05, 0) is 60.5 Å². The van der Waals surface area contributed by atoms with Gasteiger partial charge in [0.05, 0.1) is 39.2 Å². The van der Waals surface area contributed by atoms with Gasteiger partial charge in [-0.1, -0.05) is 0 Å². The average molecular weight is 503 g/mol. The highest BCUT2D eigenvalue weighted by molar-refractivity contribution is 6.15. The Hall–Kier alpha value is -4.66. The SMILES string of the molecule is COc1ccc(OC)c([C@@H]2C(C(=O)c3ccco3)=C(O)C(=O)N2CCc2c[nH]c3ccc(OC)cc23)c1. The molecule has 5 rings (SSSR count). The summed E-state index contributed by atoms with van der Waals surface area (Å²) in [6.07, 6.45) is 3.71. The summed E-state index contributed by atoms with van der Waals surface area (Å²) in [6.45, 7) is 0.215. The molecule has 190 valence electrons. The third-order valence-electron chi connectivity index (χ3n) is 6.62. The number of hydrogen-bond donors (Lipinski definition) is 2. The Labute approximate surface area is 212 Å². The number of nitrogens with zero attached hydrogens (tertiary/aromatic N) is 1. The Morgan fingerprint density at radius 3 is 2.51 bits per heavy atom. The standard InChI is InChI=1S/C28H26N2O7/c1-34-17-6-8-21-19(13-17)16(15-29-21)10-11-30-25(20-14-18(35-2)7-9-22(20)36-3)24(27(32)28(30)33)26(31)23-5-4-12-37-23/h4-9,12-15,25,29,32H,10-11H2,1-3H3/t25-/m1/s1. The molecule has 0 saturated carbocycles. The molecule has 1 aliphatic rings. The topological polar surface area (TPSA) is 114 Å². The lowest BCUT2D eigenvalue weighted by Gasteiger charge is -2.28. The summed E-state index contributed by atoms with van der Waals surface area (Å²) in [6, 6.07) is 13.0. The number of fused-ring (bicyclic) bond motifs is 1. The Balaban J connectivity index is 1.57. The van der Waals surface area contributed by atoms with Gasteiger partial charge in [0.25, 0.3) is 5.91 Å². The fourth-order valence-electron chi connectivity index (χ4n) is 4.77. The number of ketones is 1. The zero-order valence-electron chi connectivity index (χ0n) is 20.6. The maximum Gasteiger partial charge on any atom is 0.290 e. The maximum atomic E-state index is 13.4. The first-order chi connectivity index (χ1) is 18.0. The molecule has 0 spiro atoms. The van der Waals surface area contributed by atoms with Crippen molar-refractivity contribution in [3.8, 4) is 17.2 Å². The van der Waals surface area contributed by atoms with Crippen molar-refractivity contribution in [1.82, 2.24) is 9.88 Å². The smallest absolute Gasteiger partial charge is 0.290 e. The van der Waals surface area contributed by atoms with Crippen LogP contribution in [0.5, 0.6) is 17.2 Å². The third-order valence-corrected chi connectivity index (χ3v) is 6.62. The van der Waals surface area contributed by atoms with Gasteiger partial charge in [0.1, 0.15) is 17.2 Å². The number of aliphatic hydroxyl groups excluding tert-OH is 1. The molecule has 0 unspecified atom stereocenters. The highest BCUT2D eigenvalue weighted by Gasteiger charge is 2.45. The summed E-state index contributed by atoms with van der Waals surface area (Å²) in [5.74, 6) is -0.144. The van der Waals surface area contributed by atoms with Crippen molar-refractivity contribution in [2.75, 3.05) is 27.9 Å². The van der Waals surface area contributed by atoms with Crippen LogP contribution in [0, 0.1) is 0 Å². The van der Waals surface area contributed by atoms with E-state index < -0.39 is 23.5 Å². The van der Waals surface area contributed by atoms with E-state index in [9.17, 15) is 14.7 Å². The Morgan fingerprint density at radius 2 is 1.81 bits per heavy atom. The lowest BCUT2D eigenvalue weighted by atomic mass is 9.94. The van der Waals surface area contributed by atoms with E-state index in [1.54, 1.807) is 31.4 Å². The van der Waals surface area contributed by atoms with E-state index >= 15 is 0 Å². The van der Waals surface area contributed by atoms with Crippen LogP contribution in [0.3, 0.4) is 0 Å². The first-order valence-corrected chi connectivity index (χ1v) is 11.6. The molecule has 0 saturated heterocycles. The third kappa shape index (κ3) is 4.18. The number of Topliss-reactive ketones (excluding diaryl/α,β-unsaturated/α-hetero) is 1. The van der Waals surface area contributed by atoms with Gasteiger partial charge in [0.15, 0.2) is 11.5 Å². The minimum atomic E-state index is -0.921. The number of carbonyl (C=O) groups is 2. The van der Waals surface area contributed by atoms with E-state index in [2.05, 4.69) is 4.98 Å². The highest BCUT2D eigenvalue weighted by Crippen LogP contribution is 2.43. The summed E-state index contributed by atoms with van der Waals surface area (Å²) >= 11 is 0. The molecule has 1 aliphatic heterocycles. The molecule has 4 aromatic rings. The van der Waals surface area contributed by atoms with E-state index in [-0.39, 0.29) is 17.9 Å². The van der Waals surface area contributed by atoms with E-state index in [4.69, 9.17) is 18.6 Å². The zero-order valence-corrected chi connectivity index (χ0v) is 20.6. The van der Waals surface area contributed by atoms with Crippen LogP contribution in [0.1, 0.15) is 27.7 Å². The second-order valence-corrected chi connectivity index (χ2v) is 8.55. The van der Waals surface area contributed by atoms with Crippen LogP contribution < -0.4 is 14.2 Å². The first kappa shape index (κ1) is 24.1.